The highest BCUT2D eigenvalue weighted by atomic mass is 32.2. The van der Waals surface area contributed by atoms with E-state index in [0.29, 0.717) is 17.9 Å². The summed E-state index contributed by atoms with van der Waals surface area (Å²) in [6.45, 7) is 1.75. The summed E-state index contributed by atoms with van der Waals surface area (Å²) >= 11 is 1.64. The Morgan fingerprint density at radius 2 is 2.05 bits per heavy atom. The molecule has 0 aliphatic rings. The van der Waals surface area contributed by atoms with Gasteiger partial charge in [0, 0.05) is 17.1 Å². The van der Waals surface area contributed by atoms with E-state index >= 15 is 0 Å². The third-order valence-corrected chi connectivity index (χ3v) is 4.04. The fourth-order valence-electron chi connectivity index (χ4n) is 1.81. The molecule has 1 aromatic heterocycles. The lowest BCUT2D eigenvalue weighted by Gasteiger charge is -2.21. The largest absolute Gasteiger partial charge is 0.466 e. The van der Waals surface area contributed by atoms with Crippen LogP contribution in [-0.4, -0.2) is 23.3 Å². The molecule has 0 aliphatic carbocycles. The molecule has 0 radical (unpaired) electrons. The lowest BCUT2D eigenvalue weighted by molar-refractivity contribution is -0.122. The van der Waals surface area contributed by atoms with Crippen LogP contribution in [0, 0.1) is 0 Å². The molecule has 0 saturated heterocycles. The summed E-state index contributed by atoms with van der Waals surface area (Å²) in [4.78, 5) is 12.9. The minimum absolute atomic E-state index is 0.0785. The van der Waals surface area contributed by atoms with Gasteiger partial charge in [0.2, 0.25) is 5.91 Å². The van der Waals surface area contributed by atoms with E-state index in [4.69, 9.17) is 4.42 Å². The molecule has 0 saturated carbocycles. The van der Waals surface area contributed by atoms with Crippen LogP contribution in [0.2, 0.25) is 0 Å². The summed E-state index contributed by atoms with van der Waals surface area (Å²) in [5.41, 5.74) is -1.19. The summed E-state index contributed by atoms with van der Waals surface area (Å²) in [6, 6.07) is 13.4. The van der Waals surface area contributed by atoms with E-state index < -0.39 is 5.60 Å². The van der Waals surface area contributed by atoms with Crippen molar-refractivity contribution in [2.24, 2.45) is 0 Å². The Bertz CT molecular complexity index is 552. The number of thioether (sulfide) groups is 1. The topological polar surface area (TPSA) is 62.5 Å². The molecule has 112 valence electrons. The summed E-state index contributed by atoms with van der Waals surface area (Å²) in [6.07, 6.45) is 1.91. The van der Waals surface area contributed by atoms with Gasteiger partial charge in [0.05, 0.1) is 12.8 Å². The molecule has 5 heteroatoms. The maximum atomic E-state index is 11.8. The number of nitrogens with one attached hydrogen (secondary N) is 1. The van der Waals surface area contributed by atoms with E-state index in [1.807, 2.05) is 30.3 Å². The maximum Gasteiger partial charge on any atom is 0.220 e. The van der Waals surface area contributed by atoms with Gasteiger partial charge in [-0.15, -0.1) is 11.8 Å². The van der Waals surface area contributed by atoms with Crippen molar-refractivity contribution in [3.63, 3.8) is 0 Å². The zero-order chi connectivity index (χ0) is 15.1. The van der Waals surface area contributed by atoms with Crippen LogP contribution >= 0.6 is 11.8 Å². The Morgan fingerprint density at radius 1 is 1.29 bits per heavy atom. The highest BCUT2D eigenvalue weighted by Crippen LogP contribution is 2.20. The molecule has 0 aliphatic heterocycles. The summed E-state index contributed by atoms with van der Waals surface area (Å²) in [5, 5.41) is 12.9. The first-order valence-electron chi connectivity index (χ1n) is 6.79. The molecule has 1 amide bonds. The normalized spacial score (nSPS) is 13.6. The van der Waals surface area contributed by atoms with Gasteiger partial charge in [0.25, 0.3) is 0 Å². The molecule has 1 atom stereocenters. The zero-order valence-corrected chi connectivity index (χ0v) is 12.7. The molecule has 2 N–H and O–H groups in total. The van der Waals surface area contributed by atoms with Gasteiger partial charge in [-0.2, -0.15) is 0 Å². The van der Waals surface area contributed by atoms with Gasteiger partial charge in [0.1, 0.15) is 11.4 Å². The Kier molecular flexibility index (Phi) is 5.47. The molecule has 1 heterocycles. The summed E-state index contributed by atoms with van der Waals surface area (Å²) in [7, 11) is 0. The molecule has 0 bridgehead atoms. The second-order valence-electron chi connectivity index (χ2n) is 4.94. The van der Waals surface area contributed by atoms with Gasteiger partial charge >= 0.3 is 0 Å². The molecule has 4 nitrogen and oxygen atoms in total. The van der Waals surface area contributed by atoms with E-state index in [1.165, 1.54) is 6.26 Å². The second-order valence-corrected chi connectivity index (χ2v) is 6.11. The van der Waals surface area contributed by atoms with E-state index in [9.17, 15) is 9.90 Å². The second kappa shape index (κ2) is 7.33. The van der Waals surface area contributed by atoms with Crippen LogP contribution in [0.1, 0.15) is 19.1 Å². The third-order valence-electron chi connectivity index (χ3n) is 3.02. The predicted molar refractivity (Wildman–Crippen MR) is 83.1 cm³/mol. The van der Waals surface area contributed by atoms with E-state index in [-0.39, 0.29) is 12.5 Å². The van der Waals surface area contributed by atoms with Gasteiger partial charge in [-0.25, -0.2) is 0 Å². The fraction of sp³-hybridized carbons (Fsp3) is 0.312. The van der Waals surface area contributed by atoms with Crippen LogP contribution in [0.3, 0.4) is 0 Å². The summed E-state index contributed by atoms with van der Waals surface area (Å²) in [5.74, 6) is 1.07. The van der Waals surface area contributed by atoms with Crippen molar-refractivity contribution in [3.8, 4) is 0 Å². The summed E-state index contributed by atoms with van der Waals surface area (Å²) < 4.78 is 5.16. The Morgan fingerprint density at radius 3 is 2.71 bits per heavy atom. The molecular formula is C16H19NO3S. The number of carbonyl (C=O) groups excluding carboxylic acids is 1. The van der Waals surface area contributed by atoms with E-state index in [0.717, 1.165) is 4.90 Å². The fourth-order valence-corrected chi connectivity index (χ4v) is 2.68. The first kappa shape index (κ1) is 15.7. The smallest absolute Gasteiger partial charge is 0.220 e. The Balaban J connectivity index is 1.70. The van der Waals surface area contributed by atoms with Crippen molar-refractivity contribution in [1.82, 2.24) is 5.32 Å². The molecule has 21 heavy (non-hydrogen) atoms. The van der Waals surface area contributed by atoms with Crippen LogP contribution < -0.4 is 5.32 Å². The van der Waals surface area contributed by atoms with Crippen molar-refractivity contribution in [2.45, 2.75) is 23.8 Å². The van der Waals surface area contributed by atoms with Gasteiger partial charge < -0.3 is 14.8 Å². The number of hydrogen-bond donors (Lipinski definition) is 2. The lowest BCUT2D eigenvalue weighted by atomic mass is 10.0. The van der Waals surface area contributed by atoms with Crippen molar-refractivity contribution in [1.29, 1.82) is 0 Å². The van der Waals surface area contributed by atoms with Gasteiger partial charge in [-0.3, -0.25) is 4.79 Å². The Labute approximate surface area is 128 Å². The van der Waals surface area contributed by atoms with Crippen LogP contribution in [0.15, 0.2) is 58.0 Å². The monoisotopic (exact) mass is 305 g/mol. The SMILES string of the molecule is C[C@@](O)(CNC(=O)CCSc1ccccc1)c1ccco1. The lowest BCUT2D eigenvalue weighted by Crippen LogP contribution is -2.38. The third kappa shape index (κ3) is 4.95. The van der Waals surface area contributed by atoms with Gasteiger partial charge in [-0.1, -0.05) is 18.2 Å². The van der Waals surface area contributed by atoms with Crippen LogP contribution in [0.25, 0.3) is 0 Å². The zero-order valence-electron chi connectivity index (χ0n) is 11.9. The molecular weight excluding hydrogens is 286 g/mol. The highest BCUT2D eigenvalue weighted by molar-refractivity contribution is 7.99. The quantitative estimate of drug-likeness (QED) is 0.772. The number of hydrogen-bond acceptors (Lipinski definition) is 4. The van der Waals surface area contributed by atoms with Crippen LogP contribution in [-0.2, 0) is 10.4 Å². The van der Waals surface area contributed by atoms with Crippen molar-refractivity contribution in [2.75, 3.05) is 12.3 Å². The number of carbonyl (C=O) groups is 1. The number of benzene rings is 1. The van der Waals surface area contributed by atoms with E-state index in [2.05, 4.69) is 5.32 Å². The van der Waals surface area contributed by atoms with Gasteiger partial charge in [-0.05, 0) is 31.2 Å². The van der Waals surface area contributed by atoms with Crippen LogP contribution in [0.4, 0.5) is 0 Å². The average molecular weight is 305 g/mol. The number of rotatable bonds is 7. The van der Waals surface area contributed by atoms with E-state index in [1.54, 1.807) is 30.8 Å². The molecule has 1 aromatic carbocycles. The minimum atomic E-state index is -1.19. The number of amides is 1. The molecule has 0 fully saturated rings. The highest BCUT2D eigenvalue weighted by Gasteiger charge is 2.26. The number of furan rings is 1. The van der Waals surface area contributed by atoms with Crippen molar-refractivity contribution < 1.29 is 14.3 Å². The maximum absolute atomic E-state index is 11.8. The Hall–Kier alpha value is -1.72. The van der Waals surface area contributed by atoms with Crippen LogP contribution in [0.5, 0.6) is 0 Å². The van der Waals surface area contributed by atoms with Crippen molar-refractivity contribution >= 4 is 17.7 Å². The molecule has 2 rings (SSSR count). The first-order valence-corrected chi connectivity index (χ1v) is 7.77. The molecule has 0 unspecified atom stereocenters. The number of aliphatic hydroxyl groups is 1. The predicted octanol–water partition coefficient (Wildman–Crippen LogP) is 2.79. The molecule has 0 spiro atoms. The first-order chi connectivity index (χ1) is 10.1. The molecule has 2 aromatic rings. The minimum Gasteiger partial charge on any atom is -0.466 e. The average Bonchev–Trinajstić information content (AvgIpc) is 3.01. The van der Waals surface area contributed by atoms with Gasteiger partial charge in [0.15, 0.2) is 0 Å². The van der Waals surface area contributed by atoms with Crippen molar-refractivity contribution in [3.05, 3.63) is 54.5 Å². The standard InChI is InChI=1S/C16H19NO3S/c1-16(19,14-8-5-10-20-14)12-17-15(18)9-11-21-13-6-3-2-4-7-13/h2-8,10,19H,9,11-12H2,1H3,(H,17,18)/t16-/m1/s1.